The summed E-state index contributed by atoms with van der Waals surface area (Å²) < 4.78 is 8.98. The lowest BCUT2D eigenvalue weighted by Crippen LogP contribution is -2.34. The first-order valence-electron chi connectivity index (χ1n) is 5.80. The summed E-state index contributed by atoms with van der Waals surface area (Å²) in [6.07, 6.45) is 2.70. The van der Waals surface area contributed by atoms with Gasteiger partial charge in [0.1, 0.15) is 0 Å². The third-order valence-corrected chi connectivity index (χ3v) is 2.43. The fourth-order valence-corrected chi connectivity index (χ4v) is 1.38. The van der Waals surface area contributed by atoms with Gasteiger partial charge in [0.05, 0.1) is 14.2 Å². The van der Waals surface area contributed by atoms with Crippen LogP contribution in [0.3, 0.4) is 0 Å². The van der Waals surface area contributed by atoms with Crippen LogP contribution in [0.5, 0.6) is 0 Å². The number of methoxy groups -OCH3 is 2. The summed E-state index contributed by atoms with van der Waals surface area (Å²) in [6.45, 7) is 2.59. The number of carbonyl (C=O) groups is 2. The molecular weight excluding hydrogens is 224 g/mol. The van der Waals surface area contributed by atoms with Crippen molar-refractivity contribution < 1.29 is 19.1 Å². The van der Waals surface area contributed by atoms with Crippen LogP contribution >= 0.6 is 0 Å². The first-order chi connectivity index (χ1) is 8.13. The molecule has 1 unspecified atom stereocenters. The molecule has 17 heavy (non-hydrogen) atoms. The van der Waals surface area contributed by atoms with Crippen molar-refractivity contribution in [2.45, 2.75) is 38.6 Å². The van der Waals surface area contributed by atoms with Crippen LogP contribution in [0.25, 0.3) is 0 Å². The highest BCUT2D eigenvalue weighted by molar-refractivity contribution is 5.67. The molecule has 100 valence electrons. The van der Waals surface area contributed by atoms with Gasteiger partial charge in [-0.25, -0.2) is 9.59 Å². The van der Waals surface area contributed by atoms with E-state index in [1.165, 1.54) is 14.2 Å². The minimum absolute atomic E-state index is 0.126. The second kappa shape index (κ2) is 9.74. The normalized spacial score (nSPS) is 11.5. The van der Waals surface area contributed by atoms with E-state index in [1.807, 2.05) is 6.92 Å². The number of amides is 2. The van der Waals surface area contributed by atoms with Gasteiger partial charge in [0.2, 0.25) is 0 Å². The number of hydrogen-bond acceptors (Lipinski definition) is 4. The zero-order valence-corrected chi connectivity index (χ0v) is 10.7. The van der Waals surface area contributed by atoms with Crippen molar-refractivity contribution >= 4 is 12.2 Å². The molecule has 0 aliphatic heterocycles. The highest BCUT2D eigenvalue weighted by Crippen LogP contribution is 2.04. The highest BCUT2D eigenvalue weighted by Gasteiger charge is 2.09. The van der Waals surface area contributed by atoms with E-state index < -0.39 is 12.2 Å². The number of nitrogens with one attached hydrogen (secondary N) is 2. The van der Waals surface area contributed by atoms with Gasteiger partial charge in [-0.15, -0.1) is 0 Å². The van der Waals surface area contributed by atoms with E-state index in [1.54, 1.807) is 0 Å². The Morgan fingerprint density at radius 2 is 1.76 bits per heavy atom. The van der Waals surface area contributed by atoms with Crippen molar-refractivity contribution in [3.8, 4) is 0 Å². The Bertz CT molecular complexity index is 234. The van der Waals surface area contributed by atoms with Crippen molar-refractivity contribution in [1.29, 1.82) is 0 Å². The van der Waals surface area contributed by atoms with Gasteiger partial charge in [0.15, 0.2) is 0 Å². The SMILES string of the molecule is CCC(CCCCNC(=O)OC)NC(=O)OC. The summed E-state index contributed by atoms with van der Waals surface area (Å²) in [5.41, 5.74) is 0. The number of unbranched alkanes of at least 4 members (excludes halogenated alkanes) is 1. The van der Waals surface area contributed by atoms with Crippen LogP contribution in [-0.2, 0) is 9.47 Å². The van der Waals surface area contributed by atoms with Gasteiger partial charge in [0.25, 0.3) is 0 Å². The summed E-state index contributed by atoms with van der Waals surface area (Å²) in [4.78, 5) is 21.7. The molecule has 0 aromatic rings. The second-order valence-electron chi connectivity index (χ2n) is 3.66. The van der Waals surface area contributed by atoms with Crippen LogP contribution in [0.15, 0.2) is 0 Å². The molecule has 0 spiro atoms. The predicted octanol–water partition coefficient (Wildman–Crippen LogP) is 1.65. The van der Waals surface area contributed by atoms with Gasteiger partial charge in [-0.1, -0.05) is 6.92 Å². The maximum atomic E-state index is 11.0. The fraction of sp³-hybridized carbons (Fsp3) is 0.818. The van der Waals surface area contributed by atoms with Crippen molar-refractivity contribution in [3.05, 3.63) is 0 Å². The predicted molar refractivity (Wildman–Crippen MR) is 63.9 cm³/mol. The molecule has 2 N–H and O–H groups in total. The van der Waals surface area contributed by atoms with E-state index in [0.29, 0.717) is 6.54 Å². The lowest BCUT2D eigenvalue weighted by Gasteiger charge is -2.15. The molecule has 0 bridgehead atoms. The Labute approximate surface area is 102 Å². The number of hydrogen-bond donors (Lipinski definition) is 2. The maximum Gasteiger partial charge on any atom is 0.407 e. The van der Waals surface area contributed by atoms with Gasteiger partial charge in [-0.2, -0.15) is 0 Å². The number of ether oxygens (including phenoxy) is 2. The Kier molecular flexibility index (Phi) is 8.91. The minimum atomic E-state index is -0.412. The molecule has 0 aliphatic carbocycles. The summed E-state index contributed by atoms with van der Waals surface area (Å²) >= 11 is 0. The van der Waals surface area contributed by atoms with Crippen molar-refractivity contribution in [2.24, 2.45) is 0 Å². The summed E-state index contributed by atoms with van der Waals surface area (Å²) in [5.74, 6) is 0. The molecule has 0 aliphatic rings. The van der Waals surface area contributed by atoms with Crippen LogP contribution in [-0.4, -0.2) is 39.0 Å². The molecule has 6 nitrogen and oxygen atoms in total. The molecular formula is C11H22N2O4. The van der Waals surface area contributed by atoms with Gasteiger partial charge >= 0.3 is 12.2 Å². The van der Waals surface area contributed by atoms with Crippen LogP contribution in [0.2, 0.25) is 0 Å². The molecule has 0 saturated carbocycles. The minimum Gasteiger partial charge on any atom is -0.453 e. The summed E-state index contributed by atoms with van der Waals surface area (Å²) in [7, 11) is 2.69. The van der Waals surface area contributed by atoms with E-state index >= 15 is 0 Å². The van der Waals surface area contributed by atoms with Gasteiger partial charge < -0.3 is 20.1 Å². The topological polar surface area (TPSA) is 76.7 Å². The Morgan fingerprint density at radius 1 is 1.12 bits per heavy atom. The zero-order valence-electron chi connectivity index (χ0n) is 10.7. The van der Waals surface area contributed by atoms with Gasteiger partial charge in [-0.3, -0.25) is 0 Å². The first kappa shape index (κ1) is 15.5. The average molecular weight is 246 g/mol. The maximum absolute atomic E-state index is 11.0. The molecule has 0 rings (SSSR count). The fourth-order valence-electron chi connectivity index (χ4n) is 1.38. The third-order valence-electron chi connectivity index (χ3n) is 2.43. The largest absolute Gasteiger partial charge is 0.453 e. The van der Waals surface area contributed by atoms with Crippen LogP contribution in [0.1, 0.15) is 32.6 Å². The van der Waals surface area contributed by atoms with E-state index in [-0.39, 0.29) is 6.04 Å². The number of rotatable bonds is 7. The van der Waals surface area contributed by atoms with Crippen LogP contribution in [0.4, 0.5) is 9.59 Å². The van der Waals surface area contributed by atoms with Crippen LogP contribution in [0, 0.1) is 0 Å². The van der Waals surface area contributed by atoms with Gasteiger partial charge in [-0.05, 0) is 25.7 Å². The van der Waals surface area contributed by atoms with E-state index in [4.69, 9.17) is 0 Å². The molecule has 0 radical (unpaired) electrons. The third kappa shape index (κ3) is 8.36. The summed E-state index contributed by atoms with van der Waals surface area (Å²) in [6, 6.07) is 0.126. The molecule has 0 aromatic heterocycles. The Balaban J connectivity index is 3.56. The molecule has 2 amide bonds. The Morgan fingerprint density at radius 3 is 2.29 bits per heavy atom. The lowest BCUT2D eigenvalue weighted by molar-refractivity contribution is 0.165. The standard InChI is InChI=1S/C11H22N2O4/c1-4-9(13-11(15)17-3)7-5-6-8-12-10(14)16-2/h9H,4-8H2,1-3H3,(H,12,14)(H,13,15). The molecule has 0 aromatic carbocycles. The van der Waals surface area contributed by atoms with E-state index in [9.17, 15) is 9.59 Å². The molecule has 1 atom stereocenters. The number of carbonyl (C=O) groups excluding carboxylic acids is 2. The van der Waals surface area contributed by atoms with Crippen molar-refractivity contribution in [3.63, 3.8) is 0 Å². The average Bonchev–Trinajstić information content (AvgIpc) is 2.36. The smallest absolute Gasteiger partial charge is 0.407 e. The molecule has 0 fully saturated rings. The second-order valence-corrected chi connectivity index (χ2v) is 3.66. The first-order valence-corrected chi connectivity index (χ1v) is 5.80. The molecule has 0 heterocycles. The quantitative estimate of drug-likeness (QED) is 0.670. The lowest BCUT2D eigenvalue weighted by atomic mass is 10.1. The highest BCUT2D eigenvalue weighted by atomic mass is 16.5. The molecule has 0 saturated heterocycles. The summed E-state index contributed by atoms with van der Waals surface area (Å²) in [5, 5.41) is 5.36. The van der Waals surface area contributed by atoms with Crippen LogP contribution < -0.4 is 10.6 Å². The van der Waals surface area contributed by atoms with E-state index in [2.05, 4.69) is 20.1 Å². The van der Waals surface area contributed by atoms with Gasteiger partial charge in [0, 0.05) is 12.6 Å². The number of alkyl carbamates (subject to hydrolysis) is 2. The Hall–Kier alpha value is -1.46. The zero-order chi connectivity index (χ0) is 13.1. The molecule has 6 heteroatoms. The monoisotopic (exact) mass is 246 g/mol. The van der Waals surface area contributed by atoms with Crippen molar-refractivity contribution in [2.75, 3.05) is 20.8 Å². The van der Waals surface area contributed by atoms with Crippen molar-refractivity contribution in [1.82, 2.24) is 10.6 Å². The van der Waals surface area contributed by atoms with E-state index in [0.717, 1.165) is 25.7 Å².